The fourth-order valence-corrected chi connectivity index (χ4v) is 5.84. The van der Waals surface area contributed by atoms with Crippen LogP contribution in [-0.4, -0.2) is 36.9 Å². The first-order valence-electron chi connectivity index (χ1n) is 13.1. The number of hydrogen-bond donors (Lipinski definition) is 0. The Morgan fingerprint density at radius 1 is 0.947 bits per heavy atom. The van der Waals surface area contributed by atoms with Crippen molar-refractivity contribution in [3.05, 3.63) is 83.1 Å². The molecule has 3 rings (SSSR count). The summed E-state index contributed by atoms with van der Waals surface area (Å²) in [7, 11) is -2.27. The number of esters is 1. The Morgan fingerprint density at radius 2 is 1.58 bits per heavy atom. The van der Waals surface area contributed by atoms with E-state index in [9.17, 15) is 9.36 Å². The number of carbonyl (C=O) groups is 1. The normalized spacial score (nSPS) is 12.3. The molecule has 0 bridgehead atoms. The number of unbranched alkanes of at least 4 members (excludes halogenated alkanes) is 1. The molecule has 0 radical (unpaired) electrons. The first-order chi connectivity index (χ1) is 18.4. The van der Waals surface area contributed by atoms with Crippen LogP contribution in [0.1, 0.15) is 61.9 Å². The predicted molar refractivity (Wildman–Crippen MR) is 146 cm³/mol. The number of rotatable bonds is 16. The summed E-state index contributed by atoms with van der Waals surface area (Å²) in [5, 5.41) is 0. The zero-order valence-electron chi connectivity index (χ0n) is 22.7. The van der Waals surface area contributed by atoms with Crippen molar-refractivity contribution in [3.63, 3.8) is 0 Å². The lowest BCUT2D eigenvalue weighted by Gasteiger charge is -2.24. The summed E-state index contributed by atoms with van der Waals surface area (Å²) in [4.78, 5) is 17.7. The Kier molecular flexibility index (Phi) is 11.6. The van der Waals surface area contributed by atoms with E-state index >= 15 is 0 Å². The second-order valence-electron chi connectivity index (χ2n) is 8.88. The van der Waals surface area contributed by atoms with Gasteiger partial charge in [0.25, 0.3) is 0 Å². The number of nitrogens with zero attached hydrogens (tertiary/aromatic N) is 1. The summed E-state index contributed by atoms with van der Waals surface area (Å²) in [5.74, 6) is 0.265. The van der Waals surface area contributed by atoms with E-state index in [0.717, 1.165) is 17.5 Å². The molecule has 0 saturated heterocycles. The monoisotopic (exact) mass is 543 g/mol. The first kappa shape index (κ1) is 29.6. The van der Waals surface area contributed by atoms with Gasteiger partial charge in [-0.05, 0) is 55.5 Å². The van der Waals surface area contributed by atoms with Crippen LogP contribution in [0.15, 0.2) is 59.2 Å². The molecule has 0 aliphatic rings. The summed E-state index contributed by atoms with van der Waals surface area (Å²) < 4.78 is 41.0. The first-order valence-corrected chi connectivity index (χ1v) is 14.7. The molecule has 9 heteroatoms. The Labute approximate surface area is 225 Å². The predicted octanol–water partition coefficient (Wildman–Crippen LogP) is 6.54. The van der Waals surface area contributed by atoms with Gasteiger partial charge >= 0.3 is 13.6 Å². The zero-order valence-corrected chi connectivity index (χ0v) is 23.6. The summed E-state index contributed by atoms with van der Waals surface area (Å²) in [5.41, 5.74) is 2.68. The molecule has 2 aromatic carbocycles. The SMILES string of the molecule is CCCCc1ccc(Cc2coc(CC(C(=O)OCc3ccc(OC)cc3)P(=O)(OCC)OCC)n2)cc1. The van der Waals surface area contributed by atoms with Crippen LogP contribution in [0.5, 0.6) is 5.75 Å². The van der Waals surface area contributed by atoms with Crippen LogP contribution in [0.2, 0.25) is 0 Å². The molecule has 8 nitrogen and oxygen atoms in total. The maximum atomic E-state index is 13.6. The van der Waals surface area contributed by atoms with E-state index in [0.29, 0.717) is 17.9 Å². The van der Waals surface area contributed by atoms with Crippen molar-refractivity contribution in [2.24, 2.45) is 0 Å². The number of oxazole rings is 1. The van der Waals surface area contributed by atoms with Gasteiger partial charge in [0.1, 0.15) is 18.6 Å². The number of aromatic nitrogens is 1. The fourth-order valence-electron chi connectivity index (χ4n) is 3.98. The molecule has 0 spiro atoms. The van der Waals surface area contributed by atoms with Crippen LogP contribution >= 0.6 is 7.60 Å². The summed E-state index contributed by atoms with van der Waals surface area (Å²) in [6.45, 7) is 5.81. The van der Waals surface area contributed by atoms with E-state index in [2.05, 4.69) is 36.2 Å². The highest BCUT2D eigenvalue weighted by Gasteiger charge is 2.43. The van der Waals surface area contributed by atoms with Gasteiger partial charge in [-0.15, -0.1) is 0 Å². The zero-order chi connectivity index (χ0) is 27.4. The Hall–Kier alpha value is -2.93. The van der Waals surface area contributed by atoms with Crippen LogP contribution in [0.25, 0.3) is 0 Å². The van der Waals surface area contributed by atoms with E-state index in [4.69, 9.17) is 22.9 Å². The van der Waals surface area contributed by atoms with Gasteiger partial charge in [0, 0.05) is 12.8 Å². The number of hydrogen-bond acceptors (Lipinski definition) is 8. The van der Waals surface area contributed by atoms with Gasteiger partial charge in [0.05, 0.1) is 26.0 Å². The minimum Gasteiger partial charge on any atom is -0.497 e. The molecule has 0 aliphatic heterocycles. The van der Waals surface area contributed by atoms with Crippen molar-refractivity contribution in [2.75, 3.05) is 20.3 Å². The highest BCUT2D eigenvalue weighted by Crippen LogP contribution is 2.54. The quantitative estimate of drug-likeness (QED) is 0.148. The van der Waals surface area contributed by atoms with Gasteiger partial charge in [-0.25, -0.2) is 4.98 Å². The molecular formula is C29H38NO7P. The smallest absolute Gasteiger partial charge is 0.345 e. The molecule has 1 unspecified atom stereocenters. The maximum absolute atomic E-state index is 13.6. The topological polar surface area (TPSA) is 97.1 Å². The van der Waals surface area contributed by atoms with Crippen molar-refractivity contribution in [2.45, 2.75) is 65.1 Å². The third-order valence-corrected chi connectivity index (χ3v) is 8.40. The molecule has 3 aromatic rings. The molecule has 1 aromatic heterocycles. The van der Waals surface area contributed by atoms with Gasteiger partial charge in [-0.1, -0.05) is 49.7 Å². The molecular weight excluding hydrogens is 505 g/mol. The number of methoxy groups -OCH3 is 1. The van der Waals surface area contributed by atoms with Crippen LogP contribution in [0.3, 0.4) is 0 Å². The second kappa shape index (κ2) is 14.9. The maximum Gasteiger partial charge on any atom is 0.345 e. The van der Waals surface area contributed by atoms with Crippen molar-refractivity contribution in [1.82, 2.24) is 4.98 Å². The Balaban J connectivity index is 1.72. The molecule has 38 heavy (non-hydrogen) atoms. The third-order valence-electron chi connectivity index (χ3n) is 6.01. The lowest BCUT2D eigenvalue weighted by Crippen LogP contribution is -2.28. The standard InChI is InChI=1S/C29H38NO7P/c1-5-8-9-22-10-12-23(13-11-22)18-25-21-34-28(30-25)19-27(38(32,36-6-2)37-7-3)29(31)35-20-24-14-16-26(33-4)17-15-24/h10-17,21,27H,5-9,18-20H2,1-4H3. The lowest BCUT2D eigenvalue weighted by atomic mass is 10.0. The molecule has 0 N–H and O–H groups in total. The molecule has 0 amide bonds. The van der Waals surface area contributed by atoms with Gasteiger partial charge in [-0.3, -0.25) is 9.36 Å². The van der Waals surface area contributed by atoms with Crippen molar-refractivity contribution < 1.29 is 32.3 Å². The second-order valence-corrected chi connectivity index (χ2v) is 11.1. The van der Waals surface area contributed by atoms with E-state index in [-0.39, 0.29) is 32.1 Å². The highest BCUT2D eigenvalue weighted by atomic mass is 31.2. The van der Waals surface area contributed by atoms with Crippen molar-refractivity contribution in [3.8, 4) is 5.75 Å². The average Bonchev–Trinajstić information content (AvgIpc) is 3.37. The number of benzene rings is 2. The Bertz CT molecular complexity index is 1160. The van der Waals surface area contributed by atoms with Crippen LogP contribution in [0, 0.1) is 0 Å². The number of carbonyl (C=O) groups excluding carboxylic acids is 1. The van der Waals surface area contributed by atoms with E-state index in [1.807, 2.05) is 0 Å². The summed E-state index contributed by atoms with van der Waals surface area (Å²) in [6.07, 6.45) is 5.47. The fraction of sp³-hybridized carbons (Fsp3) is 0.448. The molecule has 1 heterocycles. The largest absolute Gasteiger partial charge is 0.497 e. The highest BCUT2D eigenvalue weighted by molar-refractivity contribution is 7.55. The van der Waals surface area contributed by atoms with Gasteiger partial charge < -0.3 is 22.9 Å². The van der Waals surface area contributed by atoms with Crippen LogP contribution in [0.4, 0.5) is 0 Å². The van der Waals surface area contributed by atoms with E-state index in [1.54, 1.807) is 51.5 Å². The molecule has 0 aliphatic carbocycles. The third kappa shape index (κ3) is 8.55. The number of ether oxygens (including phenoxy) is 2. The van der Waals surface area contributed by atoms with Crippen molar-refractivity contribution >= 4 is 13.6 Å². The van der Waals surface area contributed by atoms with E-state index in [1.165, 1.54) is 18.4 Å². The minimum atomic E-state index is -3.85. The van der Waals surface area contributed by atoms with Crippen molar-refractivity contribution in [1.29, 1.82) is 0 Å². The van der Waals surface area contributed by atoms with Gasteiger partial charge in [-0.2, -0.15) is 0 Å². The average molecular weight is 544 g/mol. The lowest BCUT2D eigenvalue weighted by molar-refractivity contribution is -0.145. The van der Waals surface area contributed by atoms with E-state index < -0.39 is 19.2 Å². The van der Waals surface area contributed by atoms with Gasteiger partial charge in [0.2, 0.25) is 0 Å². The molecule has 206 valence electrons. The molecule has 1 atom stereocenters. The summed E-state index contributed by atoms with van der Waals surface area (Å²) in [6, 6.07) is 15.6. The van der Waals surface area contributed by atoms with Gasteiger partial charge in [0.15, 0.2) is 11.5 Å². The minimum absolute atomic E-state index is 0.00264. The Morgan fingerprint density at radius 3 is 2.18 bits per heavy atom. The van der Waals surface area contributed by atoms with Crippen LogP contribution < -0.4 is 4.74 Å². The van der Waals surface area contributed by atoms with Crippen LogP contribution in [-0.2, 0) is 49.0 Å². The number of aryl methyl sites for hydroxylation is 1. The molecule has 0 fully saturated rings. The molecule has 0 saturated carbocycles. The summed E-state index contributed by atoms with van der Waals surface area (Å²) >= 11 is 0.